The van der Waals surface area contributed by atoms with Gasteiger partial charge in [-0.3, -0.25) is 4.79 Å². The maximum atomic E-state index is 10.6. The number of aliphatic carboxylic acids is 1. The summed E-state index contributed by atoms with van der Waals surface area (Å²) < 4.78 is 0. The number of carboxylic acid groups (broad SMARTS) is 1. The highest BCUT2D eigenvalue weighted by Gasteiger charge is 2.13. The van der Waals surface area contributed by atoms with Crippen molar-refractivity contribution < 1.29 is 9.90 Å². The van der Waals surface area contributed by atoms with Gasteiger partial charge in [0.2, 0.25) is 0 Å². The normalized spacial score (nSPS) is 12.8. The molecule has 0 aliphatic heterocycles. The van der Waals surface area contributed by atoms with E-state index < -0.39 is 5.97 Å². The van der Waals surface area contributed by atoms with Crippen molar-refractivity contribution in [2.45, 2.75) is 27.2 Å². The highest BCUT2D eigenvalue weighted by molar-refractivity contribution is 7.12. The molecule has 1 N–H and O–H groups in total. The zero-order valence-corrected chi connectivity index (χ0v) is 8.94. The van der Waals surface area contributed by atoms with Gasteiger partial charge in [-0.1, -0.05) is 6.92 Å². The molecule has 0 aromatic carbocycles. The molecule has 0 aliphatic carbocycles. The average Bonchev–Trinajstić information content (AvgIpc) is 2.30. The van der Waals surface area contributed by atoms with Crippen LogP contribution in [0.2, 0.25) is 0 Å². The Balaban J connectivity index is 2.74. The van der Waals surface area contributed by atoms with Gasteiger partial charge in [0.1, 0.15) is 0 Å². The Bertz CT molecular complexity index is 315. The number of carboxylic acids is 1. The number of hydrogen-bond donors (Lipinski definition) is 1. The number of hydrogen-bond acceptors (Lipinski definition) is 2. The zero-order chi connectivity index (χ0) is 10.0. The molecule has 2 nitrogen and oxygen atoms in total. The van der Waals surface area contributed by atoms with Gasteiger partial charge in [0, 0.05) is 9.75 Å². The highest BCUT2D eigenvalue weighted by Crippen LogP contribution is 2.23. The molecule has 1 aromatic heterocycles. The van der Waals surface area contributed by atoms with Crippen LogP contribution in [0.25, 0.3) is 0 Å². The van der Waals surface area contributed by atoms with Crippen LogP contribution in [0.4, 0.5) is 0 Å². The van der Waals surface area contributed by atoms with E-state index in [1.54, 1.807) is 18.3 Å². The van der Waals surface area contributed by atoms with E-state index in [2.05, 4.69) is 6.07 Å². The molecule has 0 aliphatic rings. The van der Waals surface area contributed by atoms with Gasteiger partial charge in [-0.15, -0.1) is 11.3 Å². The Labute approximate surface area is 82.2 Å². The third-order valence-electron chi connectivity index (χ3n) is 2.09. The van der Waals surface area contributed by atoms with Gasteiger partial charge in [-0.25, -0.2) is 0 Å². The maximum absolute atomic E-state index is 10.6. The second-order valence-corrected chi connectivity index (χ2v) is 4.84. The summed E-state index contributed by atoms with van der Waals surface area (Å²) in [5.74, 6) is -1.00. The summed E-state index contributed by atoms with van der Waals surface area (Å²) in [7, 11) is 0. The molecule has 3 heteroatoms. The van der Waals surface area contributed by atoms with Crippen LogP contribution < -0.4 is 0 Å². The van der Waals surface area contributed by atoms with Crippen molar-refractivity contribution in [2.24, 2.45) is 5.92 Å². The summed E-state index contributed by atoms with van der Waals surface area (Å²) >= 11 is 1.73. The molecule has 0 saturated carbocycles. The van der Waals surface area contributed by atoms with E-state index in [1.165, 1.54) is 15.3 Å². The van der Waals surface area contributed by atoms with Crippen molar-refractivity contribution in [2.75, 3.05) is 0 Å². The molecule has 0 amide bonds. The lowest BCUT2D eigenvalue weighted by Crippen LogP contribution is -2.12. The summed E-state index contributed by atoms with van der Waals surface area (Å²) in [6, 6.07) is 2.08. The van der Waals surface area contributed by atoms with Crippen molar-refractivity contribution in [3.05, 3.63) is 21.4 Å². The van der Waals surface area contributed by atoms with Gasteiger partial charge in [-0.2, -0.15) is 0 Å². The standard InChI is InChI=1S/C10H14O2S/c1-6(10(11)12)4-9-5-7(2)13-8(9)3/h5-6H,4H2,1-3H3,(H,11,12). The van der Waals surface area contributed by atoms with Crippen LogP contribution in [-0.4, -0.2) is 11.1 Å². The first kappa shape index (κ1) is 10.3. The average molecular weight is 198 g/mol. The van der Waals surface area contributed by atoms with Gasteiger partial charge in [-0.05, 0) is 31.9 Å². The minimum Gasteiger partial charge on any atom is -0.481 e. The Morgan fingerprint density at radius 3 is 2.62 bits per heavy atom. The van der Waals surface area contributed by atoms with Crippen molar-refractivity contribution in [1.82, 2.24) is 0 Å². The predicted octanol–water partition coefficient (Wildman–Crippen LogP) is 2.63. The summed E-state index contributed by atoms with van der Waals surface area (Å²) in [5, 5.41) is 8.74. The molecule has 1 aromatic rings. The van der Waals surface area contributed by atoms with Crippen LogP contribution in [0.1, 0.15) is 22.2 Å². The molecule has 1 rings (SSSR count). The lowest BCUT2D eigenvalue weighted by Gasteiger charge is -2.04. The molecule has 1 atom stereocenters. The quantitative estimate of drug-likeness (QED) is 0.810. The molecular weight excluding hydrogens is 184 g/mol. The first-order valence-corrected chi connectivity index (χ1v) is 5.11. The van der Waals surface area contributed by atoms with Crippen LogP contribution in [-0.2, 0) is 11.2 Å². The van der Waals surface area contributed by atoms with E-state index >= 15 is 0 Å². The second kappa shape index (κ2) is 3.92. The zero-order valence-electron chi connectivity index (χ0n) is 8.13. The number of aryl methyl sites for hydroxylation is 2. The SMILES string of the molecule is Cc1cc(CC(C)C(=O)O)c(C)s1. The largest absolute Gasteiger partial charge is 0.481 e. The molecule has 0 spiro atoms. The van der Waals surface area contributed by atoms with Crippen molar-refractivity contribution in [1.29, 1.82) is 0 Å². The van der Waals surface area contributed by atoms with Crippen LogP contribution >= 0.6 is 11.3 Å². The van der Waals surface area contributed by atoms with Gasteiger partial charge in [0.05, 0.1) is 5.92 Å². The second-order valence-electron chi connectivity index (χ2n) is 3.38. The number of rotatable bonds is 3. The fraction of sp³-hybridized carbons (Fsp3) is 0.500. The molecule has 0 radical (unpaired) electrons. The number of thiophene rings is 1. The molecule has 0 bridgehead atoms. The third kappa shape index (κ3) is 2.56. The van der Waals surface area contributed by atoms with Crippen LogP contribution in [0.3, 0.4) is 0 Å². The summed E-state index contributed by atoms with van der Waals surface area (Å²) in [6.07, 6.45) is 0.644. The van der Waals surface area contributed by atoms with Gasteiger partial charge in [0.15, 0.2) is 0 Å². The molecule has 0 saturated heterocycles. The molecular formula is C10H14O2S. The van der Waals surface area contributed by atoms with Gasteiger partial charge in [0.25, 0.3) is 0 Å². The van der Waals surface area contributed by atoms with Crippen LogP contribution in [0, 0.1) is 19.8 Å². The molecule has 0 fully saturated rings. The third-order valence-corrected chi connectivity index (χ3v) is 3.10. The molecule has 13 heavy (non-hydrogen) atoms. The van der Waals surface area contributed by atoms with Crippen molar-refractivity contribution >= 4 is 17.3 Å². The molecule has 1 heterocycles. The monoisotopic (exact) mass is 198 g/mol. The van der Waals surface area contributed by atoms with Crippen molar-refractivity contribution in [3.8, 4) is 0 Å². The predicted molar refractivity (Wildman–Crippen MR) is 54.3 cm³/mol. The first-order chi connectivity index (χ1) is 6.00. The lowest BCUT2D eigenvalue weighted by atomic mass is 10.0. The van der Waals surface area contributed by atoms with Crippen LogP contribution in [0.15, 0.2) is 6.07 Å². The van der Waals surface area contributed by atoms with E-state index in [1.807, 2.05) is 13.8 Å². The number of carbonyl (C=O) groups is 1. The maximum Gasteiger partial charge on any atom is 0.306 e. The van der Waals surface area contributed by atoms with Gasteiger partial charge < -0.3 is 5.11 Å². The smallest absolute Gasteiger partial charge is 0.306 e. The van der Waals surface area contributed by atoms with E-state index in [9.17, 15) is 4.79 Å². The van der Waals surface area contributed by atoms with E-state index in [4.69, 9.17) is 5.11 Å². The lowest BCUT2D eigenvalue weighted by molar-refractivity contribution is -0.141. The Hall–Kier alpha value is -0.830. The molecule has 1 unspecified atom stereocenters. The Morgan fingerprint density at radius 1 is 1.62 bits per heavy atom. The first-order valence-electron chi connectivity index (χ1n) is 4.29. The minimum atomic E-state index is -0.719. The summed E-state index contributed by atoms with van der Waals surface area (Å²) in [4.78, 5) is 13.1. The minimum absolute atomic E-state index is 0.285. The fourth-order valence-electron chi connectivity index (χ4n) is 1.30. The van der Waals surface area contributed by atoms with E-state index in [0.717, 1.165) is 0 Å². The summed E-state index contributed by atoms with van der Waals surface area (Å²) in [6.45, 7) is 5.84. The van der Waals surface area contributed by atoms with Crippen molar-refractivity contribution in [3.63, 3.8) is 0 Å². The molecule has 72 valence electrons. The van der Waals surface area contributed by atoms with E-state index in [-0.39, 0.29) is 5.92 Å². The highest BCUT2D eigenvalue weighted by atomic mass is 32.1. The Morgan fingerprint density at radius 2 is 2.23 bits per heavy atom. The topological polar surface area (TPSA) is 37.3 Å². The van der Waals surface area contributed by atoms with Crippen LogP contribution in [0.5, 0.6) is 0 Å². The van der Waals surface area contributed by atoms with E-state index in [0.29, 0.717) is 6.42 Å². The fourth-order valence-corrected chi connectivity index (χ4v) is 2.26. The Kier molecular flexibility index (Phi) is 3.09. The van der Waals surface area contributed by atoms with Gasteiger partial charge >= 0.3 is 5.97 Å². The summed E-state index contributed by atoms with van der Waals surface area (Å²) in [5.41, 5.74) is 1.18.